The minimum absolute atomic E-state index is 0.0884. The van der Waals surface area contributed by atoms with E-state index in [9.17, 15) is 4.79 Å². The fraction of sp³-hybridized carbons (Fsp3) is 0.909. The Morgan fingerprint density at radius 3 is 2.87 bits per heavy atom. The molecule has 0 aromatic heterocycles. The fourth-order valence-corrected chi connectivity index (χ4v) is 3.14. The van der Waals surface area contributed by atoms with Crippen LogP contribution < -0.4 is 5.32 Å². The second-order valence-corrected chi connectivity index (χ2v) is 5.82. The van der Waals surface area contributed by atoms with Crippen molar-refractivity contribution in [2.24, 2.45) is 5.92 Å². The van der Waals surface area contributed by atoms with Crippen LogP contribution in [0.4, 0.5) is 0 Å². The van der Waals surface area contributed by atoms with Crippen LogP contribution in [0.3, 0.4) is 0 Å². The molecule has 3 unspecified atom stereocenters. The number of carbonyl (C=O) groups is 1. The third kappa shape index (κ3) is 3.18. The highest BCUT2D eigenvalue weighted by Crippen LogP contribution is 2.30. The molecule has 2 aliphatic rings. The Kier molecular flexibility index (Phi) is 4.03. The maximum atomic E-state index is 11.6. The zero-order valence-corrected chi connectivity index (χ0v) is 10.5. The zero-order valence-electron chi connectivity index (χ0n) is 8.88. The molecule has 3 nitrogen and oxygen atoms in total. The van der Waals surface area contributed by atoms with Crippen molar-refractivity contribution in [2.75, 3.05) is 13.2 Å². The molecule has 2 fully saturated rings. The van der Waals surface area contributed by atoms with E-state index in [-0.39, 0.29) is 12.0 Å². The molecule has 1 heterocycles. The van der Waals surface area contributed by atoms with Gasteiger partial charge in [-0.1, -0.05) is 15.9 Å². The summed E-state index contributed by atoms with van der Waals surface area (Å²) in [5, 5.41) is 3.00. The van der Waals surface area contributed by atoms with Crippen LogP contribution in [-0.2, 0) is 9.53 Å². The van der Waals surface area contributed by atoms with Crippen molar-refractivity contribution in [2.45, 2.75) is 43.0 Å². The molecule has 0 radical (unpaired) electrons. The number of rotatable bonds is 3. The van der Waals surface area contributed by atoms with Crippen molar-refractivity contribution in [3.63, 3.8) is 0 Å². The van der Waals surface area contributed by atoms with Crippen LogP contribution in [0.2, 0.25) is 0 Å². The molecule has 15 heavy (non-hydrogen) atoms. The summed E-state index contributed by atoms with van der Waals surface area (Å²) in [5.41, 5.74) is 0. The Labute approximate surface area is 99.1 Å². The van der Waals surface area contributed by atoms with Crippen LogP contribution in [-0.4, -0.2) is 30.0 Å². The minimum atomic E-state index is -0.175. The molecule has 4 heteroatoms. The highest BCUT2D eigenvalue weighted by molar-refractivity contribution is 9.09. The van der Waals surface area contributed by atoms with Crippen LogP contribution in [0, 0.1) is 5.92 Å². The Hall–Kier alpha value is -0.0900. The minimum Gasteiger partial charge on any atom is -0.368 e. The van der Waals surface area contributed by atoms with Crippen molar-refractivity contribution in [1.29, 1.82) is 0 Å². The van der Waals surface area contributed by atoms with Crippen LogP contribution in [0.15, 0.2) is 0 Å². The second-order valence-electron chi connectivity index (χ2n) is 4.52. The van der Waals surface area contributed by atoms with Crippen LogP contribution in [0.1, 0.15) is 32.1 Å². The number of hydrogen-bond donors (Lipinski definition) is 1. The molecule has 2 rings (SSSR count). The molecule has 0 bridgehead atoms. The molecular weight excluding hydrogens is 258 g/mol. The quantitative estimate of drug-likeness (QED) is 0.799. The van der Waals surface area contributed by atoms with E-state index in [0.717, 1.165) is 26.0 Å². The zero-order chi connectivity index (χ0) is 10.7. The normalized spacial score (nSPS) is 35.7. The molecule has 1 amide bonds. The Morgan fingerprint density at radius 2 is 2.27 bits per heavy atom. The van der Waals surface area contributed by atoms with E-state index in [0.29, 0.717) is 10.7 Å². The average Bonchev–Trinajstić information content (AvgIpc) is 2.84. The van der Waals surface area contributed by atoms with E-state index < -0.39 is 0 Å². The summed E-state index contributed by atoms with van der Waals surface area (Å²) < 4.78 is 5.33. The van der Waals surface area contributed by atoms with Gasteiger partial charge in [0.05, 0.1) is 0 Å². The van der Waals surface area contributed by atoms with Gasteiger partial charge in [-0.3, -0.25) is 4.79 Å². The smallest absolute Gasteiger partial charge is 0.249 e. The van der Waals surface area contributed by atoms with Crippen molar-refractivity contribution >= 4 is 21.8 Å². The molecule has 3 atom stereocenters. The number of ether oxygens (including phenoxy) is 1. The third-order valence-electron chi connectivity index (χ3n) is 3.26. The number of halogens is 1. The predicted octanol–water partition coefficient (Wildman–Crippen LogP) is 1.85. The van der Waals surface area contributed by atoms with Crippen molar-refractivity contribution in [3.8, 4) is 0 Å². The first-order valence-corrected chi connectivity index (χ1v) is 6.70. The molecular formula is C11H18BrNO2. The molecule has 1 saturated carbocycles. The molecule has 86 valence electrons. The average molecular weight is 276 g/mol. The maximum absolute atomic E-state index is 11.6. The monoisotopic (exact) mass is 275 g/mol. The van der Waals surface area contributed by atoms with Gasteiger partial charge in [-0.25, -0.2) is 0 Å². The first kappa shape index (κ1) is 11.4. The summed E-state index contributed by atoms with van der Waals surface area (Å²) in [4.78, 5) is 12.3. The van der Waals surface area contributed by atoms with Gasteiger partial charge in [-0.05, 0) is 38.0 Å². The summed E-state index contributed by atoms with van der Waals surface area (Å²) in [6.45, 7) is 1.56. The third-order valence-corrected chi connectivity index (χ3v) is 4.10. The van der Waals surface area contributed by atoms with Gasteiger partial charge < -0.3 is 10.1 Å². The lowest BCUT2D eigenvalue weighted by Crippen LogP contribution is -2.36. The van der Waals surface area contributed by atoms with Crippen LogP contribution in [0.5, 0.6) is 0 Å². The standard InChI is InChI=1S/C11H18BrNO2/c12-9-4-3-8(6-9)7-13-11(14)10-2-1-5-15-10/h8-10H,1-7H2,(H,13,14). The number of carbonyl (C=O) groups excluding carboxylic acids is 1. The number of hydrogen-bond acceptors (Lipinski definition) is 2. The molecule has 0 spiro atoms. The van der Waals surface area contributed by atoms with E-state index >= 15 is 0 Å². The molecule has 0 aromatic carbocycles. The lowest BCUT2D eigenvalue weighted by molar-refractivity contribution is -0.130. The topological polar surface area (TPSA) is 38.3 Å². The molecule has 1 saturated heterocycles. The van der Waals surface area contributed by atoms with Crippen molar-refractivity contribution < 1.29 is 9.53 Å². The molecule has 1 N–H and O–H groups in total. The van der Waals surface area contributed by atoms with E-state index in [1.165, 1.54) is 19.3 Å². The van der Waals surface area contributed by atoms with E-state index in [1.807, 2.05) is 0 Å². The number of nitrogens with one attached hydrogen (secondary N) is 1. The first-order valence-electron chi connectivity index (χ1n) is 5.79. The highest BCUT2D eigenvalue weighted by Gasteiger charge is 2.26. The lowest BCUT2D eigenvalue weighted by Gasteiger charge is -2.13. The van der Waals surface area contributed by atoms with E-state index in [2.05, 4.69) is 21.2 Å². The Bertz CT molecular complexity index is 229. The second kappa shape index (κ2) is 5.30. The van der Waals surface area contributed by atoms with Gasteiger partial charge in [0.2, 0.25) is 5.91 Å². The van der Waals surface area contributed by atoms with Gasteiger partial charge in [0, 0.05) is 18.0 Å². The van der Waals surface area contributed by atoms with Gasteiger partial charge in [0.15, 0.2) is 0 Å². The van der Waals surface area contributed by atoms with E-state index in [4.69, 9.17) is 4.74 Å². The van der Waals surface area contributed by atoms with Gasteiger partial charge >= 0.3 is 0 Å². The summed E-state index contributed by atoms with van der Waals surface area (Å²) in [6, 6.07) is 0. The number of amides is 1. The summed E-state index contributed by atoms with van der Waals surface area (Å²) in [6.07, 6.45) is 5.38. The van der Waals surface area contributed by atoms with Crippen LogP contribution in [0.25, 0.3) is 0 Å². The molecule has 1 aliphatic heterocycles. The highest BCUT2D eigenvalue weighted by atomic mass is 79.9. The van der Waals surface area contributed by atoms with Gasteiger partial charge in [-0.2, -0.15) is 0 Å². The SMILES string of the molecule is O=C(NCC1CCC(Br)C1)C1CCCO1. The Balaban J connectivity index is 1.66. The maximum Gasteiger partial charge on any atom is 0.249 e. The summed E-state index contributed by atoms with van der Waals surface area (Å²) >= 11 is 3.61. The summed E-state index contributed by atoms with van der Waals surface area (Å²) in [5.74, 6) is 0.741. The summed E-state index contributed by atoms with van der Waals surface area (Å²) in [7, 11) is 0. The van der Waals surface area contributed by atoms with Gasteiger partial charge in [0.1, 0.15) is 6.10 Å². The van der Waals surface area contributed by atoms with E-state index in [1.54, 1.807) is 0 Å². The van der Waals surface area contributed by atoms with Gasteiger partial charge in [0.25, 0.3) is 0 Å². The molecule has 1 aliphatic carbocycles. The lowest BCUT2D eigenvalue weighted by atomic mass is 10.1. The van der Waals surface area contributed by atoms with Gasteiger partial charge in [-0.15, -0.1) is 0 Å². The predicted molar refractivity (Wildman–Crippen MR) is 62.0 cm³/mol. The van der Waals surface area contributed by atoms with Crippen molar-refractivity contribution in [1.82, 2.24) is 5.32 Å². The largest absolute Gasteiger partial charge is 0.368 e. The fourth-order valence-electron chi connectivity index (χ4n) is 2.34. The Morgan fingerprint density at radius 1 is 1.40 bits per heavy atom. The number of alkyl halides is 1. The van der Waals surface area contributed by atoms with Crippen molar-refractivity contribution in [3.05, 3.63) is 0 Å². The van der Waals surface area contributed by atoms with Crippen LogP contribution >= 0.6 is 15.9 Å². The first-order chi connectivity index (χ1) is 7.25. The molecule has 0 aromatic rings.